The summed E-state index contributed by atoms with van der Waals surface area (Å²) in [6.45, 7) is 3.80. The summed E-state index contributed by atoms with van der Waals surface area (Å²) < 4.78 is 8.10. The van der Waals surface area contributed by atoms with Crippen molar-refractivity contribution < 1.29 is 9.59 Å². The second-order valence-corrected chi connectivity index (χ2v) is 7.43. The second kappa shape index (κ2) is 8.40. The van der Waals surface area contributed by atoms with Gasteiger partial charge in [0.05, 0.1) is 23.8 Å². The molecule has 0 saturated heterocycles. The van der Waals surface area contributed by atoms with Gasteiger partial charge in [-0.15, -0.1) is 0 Å². The summed E-state index contributed by atoms with van der Waals surface area (Å²) in [6, 6.07) is 8.09. The number of nitrogens with zero attached hydrogens (tertiary/aromatic N) is 2. The maximum atomic E-state index is 12.4. The molecule has 0 aliphatic heterocycles. The number of carbonyl (C=O) groups excluding carboxylic acids is 2. The van der Waals surface area contributed by atoms with Crippen molar-refractivity contribution in [1.82, 2.24) is 19.4 Å². The van der Waals surface area contributed by atoms with Gasteiger partial charge in [0, 0.05) is 12.1 Å². The SMILES string of the molecule is Cc1ccccc1CC(=O)N[C@H]1CCC[C@@H](NC(=O)c2nsnc2C)C1. The van der Waals surface area contributed by atoms with Crippen LogP contribution in [0.1, 0.15) is 53.0 Å². The summed E-state index contributed by atoms with van der Waals surface area (Å²) in [5.41, 5.74) is 3.24. The van der Waals surface area contributed by atoms with E-state index >= 15 is 0 Å². The highest BCUT2D eigenvalue weighted by atomic mass is 32.1. The van der Waals surface area contributed by atoms with E-state index in [1.165, 1.54) is 0 Å². The zero-order valence-electron chi connectivity index (χ0n) is 15.1. The fourth-order valence-corrected chi connectivity index (χ4v) is 3.95. The molecule has 1 aliphatic rings. The molecule has 2 aromatic rings. The number of nitrogens with one attached hydrogen (secondary N) is 2. The molecular formula is C19H24N4O2S. The van der Waals surface area contributed by atoms with Gasteiger partial charge in [-0.05, 0) is 50.7 Å². The van der Waals surface area contributed by atoms with Gasteiger partial charge in [0.15, 0.2) is 5.69 Å². The first kappa shape index (κ1) is 18.5. The molecule has 2 atom stereocenters. The third-order valence-corrected chi connectivity index (χ3v) is 5.47. The lowest BCUT2D eigenvalue weighted by atomic mass is 9.90. The average Bonchev–Trinajstić information content (AvgIpc) is 3.03. The number of aryl methyl sites for hydroxylation is 2. The minimum atomic E-state index is -0.173. The van der Waals surface area contributed by atoms with Gasteiger partial charge in [-0.3, -0.25) is 9.59 Å². The second-order valence-electron chi connectivity index (χ2n) is 6.90. The van der Waals surface area contributed by atoms with Crippen LogP contribution in [0, 0.1) is 13.8 Å². The maximum absolute atomic E-state index is 12.4. The van der Waals surface area contributed by atoms with Crippen LogP contribution < -0.4 is 10.6 Å². The Kier molecular flexibility index (Phi) is 5.98. The van der Waals surface area contributed by atoms with Crippen LogP contribution in [0.15, 0.2) is 24.3 Å². The van der Waals surface area contributed by atoms with Gasteiger partial charge in [0.25, 0.3) is 5.91 Å². The Morgan fingerprint density at radius 2 is 1.85 bits per heavy atom. The number of rotatable bonds is 5. The number of aromatic nitrogens is 2. The van der Waals surface area contributed by atoms with E-state index in [2.05, 4.69) is 19.4 Å². The molecule has 1 aromatic carbocycles. The predicted octanol–water partition coefficient (Wildman–Crippen LogP) is 2.55. The van der Waals surface area contributed by atoms with Crippen LogP contribution in [-0.4, -0.2) is 32.6 Å². The lowest BCUT2D eigenvalue weighted by Crippen LogP contribution is -2.46. The molecule has 2 N–H and O–H groups in total. The number of hydrogen-bond donors (Lipinski definition) is 2. The number of benzene rings is 1. The lowest BCUT2D eigenvalue weighted by Gasteiger charge is -2.30. The normalized spacial score (nSPS) is 19.8. The molecule has 26 heavy (non-hydrogen) atoms. The van der Waals surface area contributed by atoms with E-state index in [0.717, 1.165) is 48.5 Å². The van der Waals surface area contributed by atoms with Crippen LogP contribution in [0.4, 0.5) is 0 Å². The Morgan fingerprint density at radius 1 is 1.12 bits per heavy atom. The van der Waals surface area contributed by atoms with Crippen LogP contribution >= 0.6 is 11.7 Å². The highest BCUT2D eigenvalue weighted by molar-refractivity contribution is 6.99. The van der Waals surface area contributed by atoms with E-state index in [9.17, 15) is 9.59 Å². The zero-order valence-corrected chi connectivity index (χ0v) is 15.9. The van der Waals surface area contributed by atoms with Gasteiger partial charge in [0.1, 0.15) is 0 Å². The van der Waals surface area contributed by atoms with E-state index in [1.54, 1.807) is 6.92 Å². The van der Waals surface area contributed by atoms with Crippen molar-refractivity contribution in [2.24, 2.45) is 0 Å². The summed E-state index contributed by atoms with van der Waals surface area (Å²) >= 11 is 1.05. The smallest absolute Gasteiger partial charge is 0.273 e. The summed E-state index contributed by atoms with van der Waals surface area (Å²) in [5, 5.41) is 6.17. The molecule has 0 radical (unpaired) electrons. The molecule has 3 rings (SSSR count). The van der Waals surface area contributed by atoms with Crippen molar-refractivity contribution in [3.63, 3.8) is 0 Å². The Balaban J connectivity index is 1.52. The fraction of sp³-hybridized carbons (Fsp3) is 0.474. The lowest BCUT2D eigenvalue weighted by molar-refractivity contribution is -0.121. The number of hydrogen-bond acceptors (Lipinski definition) is 5. The van der Waals surface area contributed by atoms with Crippen molar-refractivity contribution in [3.8, 4) is 0 Å². The first-order valence-electron chi connectivity index (χ1n) is 8.97. The molecule has 1 aliphatic carbocycles. The molecule has 2 amide bonds. The summed E-state index contributed by atoms with van der Waals surface area (Å²) in [4.78, 5) is 24.7. The van der Waals surface area contributed by atoms with Gasteiger partial charge in [-0.1, -0.05) is 24.3 Å². The third-order valence-electron chi connectivity index (χ3n) is 4.85. The van der Waals surface area contributed by atoms with Crippen molar-refractivity contribution in [2.75, 3.05) is 0 Å². The first-order valence-corrected chi connectivity index (χ1v) is 9.70. The first-order chi connectivity index (χ1) is 12.5. The van der Waals surface area contributed by atoms with Gasteiger partial charge in [-0.2, -0.15) is 8.75 Å². The van der Waals surface area contributed by atoms with E-state index in [4.69, 9.17) is 0 Å². The molecule has 0 unspecified atom stereocenters. The molecular weight excluding hydrogens is 348 g/mol. The van der Waals surface area contributed by atoms with Crippen molar-refractivity contribution in [1.29, 1.82) is 0 Å². The van der Waals surface area contributed by atoms with Gasteiger partial charge in [-0.25, -0.2) is 0 Å². The standard InChI is InChI=1S/C19H24N4O2S/c1-12-6-3-4-7-14(12)10-17(24)20-15-8-5-9-16(11-15)21-19(25)18-13(2)22-26-23-18/h3-4,6-7,15-16H,5,8-11H2,1-2H3,(H,20,24)(H,21,25)/t15-,16+/m0/s1. The highest BCUT2D eigenvalue weighted by Crippen LogP contribution is 2.20. The average molecular weight is 372 g/mol. The zero-order chi connectivity index (χ0) is 18.5. The fourth-order valence-electron chi connectivity index (χ4n) is 3.40. The van der Waals surface area contributed by atoms with Crippen molar-refractivity contribution in [3.05, 3.63) is 46.8 Å². The third kappa shape index (κ3) is 4.66. The Morgan fingerprint density at radius 3 is 2.54 bits per heavy atom. The monoisotopic (exact) mass is 372 g/mol. The van der Waals surface area contributed by atoms with Gasteiger partial charge >= 0.3 is 0 Å². The minimum absolute atomic E-state index is 0.0378. The van der Waals surface area contributed by atoms with Crippen LogP contribution in [-0.2, 0) is 11.2 Å². The van der Waals surface area contributed by atoms with Crippen molar-refractivity contribution in [2.45, 2.75) is 58.0 Å². The Labute approximate surface area is 157 Å². The molecule has 6 nitrogen and oxygen atoms in total. The van der Waals surface area contributed by atoms with Crippen LogP contribution in [0.25, 0.3) is 0 Å². The minimum Gasteiger partial charge on any atom is -0.353 e. The Bertz CT molecular complexity index is 789. The summed E-state index contributed by atoms with van der Waals surface area (Å²) in [6.07, 6.45) is 4.00. The number of amides is 2. The molecule has 0 bridgehead atoms. The van der Waals surface area contributed by atoms with Crippen LogP contribution in [0.5, 0.6) is 0 Å². The largest absolute Gasteiger partial charge is 0.353 e. The molecule has 1 saturated carbocycles. The number of carbonyl (C=O) groups is 2. The molecule has 138 valence electrons. The summed E-state index contributed by atoms with van der Waals surface area (Å²) in [7, 11) is 0. The quantitative estimate of drug-likeness (QED) is 0.845. The van der Waals surface area contributed by atoms with E-state index < -0.39 is 0 Å². The topological polar surface area (TPSA) is 84.0 Å². The van der Waals surface area contributed by atoms with E-state index in [1.807, 2.05) is 31.2 Å². The maximum Gasteiger partial charge on any atom is 0.273 e. The Hall–Kier alpha value is -2.28. The summed E-state index contributed by atoms with van der Waals surface area (Å²) in [5.74, 6) is -0.135. The molecule has 0 spiro atoms. The molecule has 1 heterocycles. The van der Waals surface area contributed by atoms with Gasteiger partial charge in [0.2, 0.25) is 5.91 Å². The van der Waals surface area contributed by atoms with Gasteiger partial charge < -0.3 is 10.6 Å². The van der Waals surface area contributed by atoms with Crippen LogP contribution in [0.3, 0.4) is 0 Å². The van der Waals surface area contributed by atoms with E-state index in [-0.39, 0.29) is 23.9 Å². The highest BCUT2D eigenvalue weighted by Gasteiger charge is 2.26. The molecule has 1 fully saturated rings. The van der Waals surface area contributed by atoms with Crippen molar-refractivity contribution >= 4 is 23.5 Å². The molecule has 1 aromatic heterocycles. The molecule has 7 heteroatoms. The predicted molar refractivity (Wildman–Crippen MR) is 101 cm³/mol. The van der Waals surface area contributed by atoms with Crippen LogP contribution in [0.2, 0.25) is 0 Å². The van der Waals surface area contributed by atoms with E-state index in [0.29, 0.717) is 17.8 Å².